The molecular weight excluding hydrogens is 572 g/mol. The number of fused-ring (bicyclic) bond motifs is 1. The molecule has 7 rings (SSSR count). The first-order valence-corrected chi connectivity index (χ1v) is 15.9. The summed E-state index contributed by atoms with van der Waals surface area (Å²) in [5.41, 5.74) is 6.16. The SMILES string of the molecule is COc1cccc(-c2cc3nc(N4CCOC[C@H]4c4ccccc4)n(CC4CCC(C)CC4)c3c(-c3cncc(Cl)c3)n2)n1. The molecule has 1 aromatic carbocycles. The van der Waals surface area contributed by atoms with Crippen molar-refractivity contribution in [2.24, 2.45) is 11.8 Å². The van der Waals surface area contributed by atoms with Gasteiger partial charge in [0.05, 0.1) is 59.5 Å². The molecule has 2 aliphatic rings. The van der Waals surface area contributed by atoms with E-state index in [1.54, 1.807) is 13.3 Å². The largest absolute Gasteiger partial charge is 0.481 e. The molecule has 9 heteroatoms. The fourth-order valence-electron chi connectivity index (χ4n) is 6.65. The van der Waals surface area contributed by atoms with Crippen molar-refractivity contribution < 1.29 is 9.47 Å². The van der Waals surface area contributed by atoms with Gasteiger partial charge in [-0.2, -0.15) is 0 Å². The Morgan fingerprint density at radius 3 is 2.57 bits per heavy atom. The molecule has 2 fully saturated rings. The number of hydrogen-bond donors (Lipinski definition) is 0. The molecule has 0 unspecified atom stereocenters. The Hall–Kier alpha value is -4.01. The minimum Gasteiger partial charge on any atom is -0.481 e. The molecule has 0 spiro atoms. The number of imidazole rings is 1. The van der Waals surface area contributed by atoms with E-state index in [0.29, 0.717) is 35.7 Å². The zero-order chi connectivity index (χ0) is 30.0. The van der Waals surface area contributed by atoms with E-state index >= 15 is 0 Å². The van der Waals surface area contributed by atoms with Crippen molar-refractivity contribution in [2.75, 3.05) is 31.8 Å². The van der Waals surface area contributed by atoms with E-state index in [4.69, 9.17) is 36.0 Å². The average Bonchev–Trinajstić information content (AvgIpc) is 3.43. The molecule has 1 aliphatic heterocycles. The second-order valence-electron chi connectivity index (χ2n) is 12.0. The van der Waals surface area contributed by atoms with Gasteiger partial charge in [0.25, 0.3) is 0 Å². The summed E-state index contributed by atoms with van der Waals surface area (Å²) in [6.45, 7) is 5.24. The van der Waals surface area contributed by atoms with Gasteiger partial charge in [0, 0.05) is 37.1 Å². The first-order chi connectivity index (χ1) is 21.6. The van der Waals surface area contributed by atoms with Crippen molar-refractivity contribution in [1.82, 2.24) is 24.5 Å². The van der Waals surface area contributed by atoms with Crippen LogP contribution in [0.3, 0.4) is 0 Å². The van der Waals surface area contributed by atoms with Crippen LogP contribution in [-0.4, -0.2) is 51.4 Å². The summed E-state index contributed by atoms with van der Waals surface area (Å²) in [7, 11) is 1.62. The lowest BCUT2D eigenvalue weighted by Crippen LogP contribution is -2.41. The van der Waals surface area contributed by atoms with Crippen molar-refractivity contribution in [1.29, 1.82) is 0 Å². The summed E-state index contributed by atoms with van der Waals surface area (Å²) >= 11 is 6.50. The fourth-order valence-corrected chi connectivity index (χ4v) is 6.82. The molecule has 226 valence electrons. The van der Waals surface area contributed by atoms with Crippen LogP contribution in [0.1, 0.15) is 44.2 Å². The highest BCUT2D eigenvalue weighted by Crippen LogP contribution is 2.39. The van der Waals surface area contributed by atoms with Crippen molar-refractivity contribution in [3.63, 3.8) is 0 Å². The van der Waals surface area contributed by atoms with E-state index in [0.717, 1.165) is 52.9 Å². The van der Waals surface area contributed by atoms with Crippen LogP contribution in [0, 0.1) is 11.8 Å². The normalized spacial score (nSPS) is 20.6. The van der Waals surface area contributed by atoms with Crippen LogP contribution < -0.4 is 9.64 Å². The second-order valence-corrected chi connectivity index (χ2v) is 12.5. The number of anilines is 1. The summed E-state index contributed by atoms with van der Waals surface area (Å²) in [6, 6.07) is 20.4. The predicted molar refractivity (Wildman–Crippen MR) is 174 cm³/mol. The van der Waals surface area contributed by atoms with Crippen LogP contribution in [0.15, 0.2) is 73.1 Å². The number of rotatable bonds is 7. The molecule has 5 aromatic rings. The van der Waals surface area contributed by atoms with E-state index in [-0.39, 0.29) is 6.04 Å². The van der Waals surface area contributed by atoms with Gasteiger partial charge in [-0.1, -0.05) is 67.8 Å². The maximum absolute atomic E-state index is 6.50. The Bertz CT molecular complexity index is 1750. The van der Waals surface area contributed by atoms with E-state index in [1.165, 1.54) is 31.2 Å². The first-order valence-electron chi connectivity index (χ1n) is 15.5. The van der Waals surface area contributed by atoms with E-state index in [1.807, 2.05) is 30.5 Å². The molecule has 1 saturated heterocycles. The van der Waals surface area contributed by atoms with Crippen LogP contribution >= 0.6 is 11.6 Å². The van der Waals surface area contributed by atoms with E-state index in [2.05, 4.69) is 57.8 Å². The number of pyridine rings is 3. The first kappa shape index (κ1) is 28.7. The third kappa shape index (κ3) is 5.76. The lowest BCUT2D eigenvalue weighted by atomic mass is 9.83. The van der Waals surface area contributed by atoms with Crippen molar-refractivity contribution in [2.45, 2.75) is 45.2 Å². The Morgan fingerprint density at radius 1 is 0.932 bits per heavy atom. The average molecular weight is 609 g/mol. The molecule has 1 aliphatic carbocycles. The van der Waals surface area contributed by atoms with Gasteiger partial charge in [0.15, 0.2) is 0 Å². The van der Waals surface area contributed by atoms with Gasteiger partial charge >= 0.3 is 0 Å². The summed E-state index contributed by atoms with van der Waals surface area (Å²) in [6.07, 6.45) is 8.41. The van der Waals surface area contributed by atoms with Gasteiger partial charge in [-0.05, 0) is 48.4 Å². The topological polar surface area (TPSA) is 78.2 Å². The molecule has 1 saturated carbocycles. The number of methoxy groups -OCH3 is 1. The Labute approximate surface area is 263 Å². The number of nitrogens with zero attached hydrogens (tertiary/aromatic N) is 6. The third-order valence-corrected chi connectivity index (χ3v) is 9.23. The second kappa shape index (κ2) is 12.5. The minimum atomic E-state index is 0.0515. The van der Waals surface area contributed by atoms with Gasteiger partial charge in [0.2, 0.25) is 11.8 Å². The van der Waals surface area contributed by atoms with Gasteiger partial charge in [0.1, 0.15) is 0 Å². The predicted octanol–water partition coefficient (Wildman–Crippen LogP) is 7.62. The number of aromatic nitrogens is 5. The monoisotopic (exact) mass is 608 g/mol. The van der Waals surface area contributed by atoms with Crippen LogP contribution in [0.25, 0.3) is 33.7 Å². The van der Waals surface area contributed by atoms with Gasteiger partial charge in [-0.25, -0.2) is 15.0 Å². The molecule has 5 heterocycles. The summed E-state index contributed by atoms with van der Waals surface area (Å²) < 4.78 is 13.9. The van der Waals surface area contributed by atoms with Crippen molar-refractivity contribution >= 4 is 28.6 Å². The number of hydrogen-bond acceptors (Lipinski definition) is 7. The maximum atomic E-state index is 6.50. The molecular formula is C35H37ClN6O2. The molecule has 1 atom stereocenters. The maximum Gasteiger partial charge on any atom is 0.213 e. The zero-order valence-corrected chi connectivity index (χ0v) is 26.0. The highest BCUT2D eigenvalue weighted by Gasteiger charge is 2.32. The standard InChI is InChI=1S/C35H37ClN6O2/c1-23-11-13-24(14-12-23)21-42-34-30(40-35(42)41-15-16-44-22-31(41)25-7-4-3-5-8-25)18-29(28-9-6-10-32(38-28)43-2)39-33(34)26-17-27(36)20-37-19-26/h3-10,17-20,23-24,31H,11-16,21-22H2,1-2H3/t23?,24?,31-/m0/s1. The highest BCUT2D eigenvalue weighted by molar-refractivity contribution is 6.30. The zero-order valence-electron chi connectivity index (χ0n) is 25.2. The molecule has 0 amide bonds. The fraction of sp³-hybridized carbons (Fsp3) is 0.371. The van der Waals surface area contributed by atoms with E-state index < -0.39 is 0 Å². The summed E-state index contributed by atoms with van der Waals surface area (Å²) in [5.74, 6) is 2.82. The highest BCUT2D eigenvalue weighted by atomic mass is 35.5. The van der Waals surface area contributed by atoms with Gasteiger partial charge < -0.3 is 18.9 Å². The lowest BCUT2D eigenvalue weighted by molar-refractivity contribution is 0.0927. The molecule has 0 bridgehead atoms. The van der Waals surface area contributed by atoms with E-state index in [9.17, 15) is 0 Å². The Morgan fingerprint density at radius 2 is 1.77 bits per heavy atom. The van der Waals surface area contributed by atoms with Crippen LogP contribution in [0.4, 0.5) is 5.95 Å². The molecule has 0 N–H and O–H groups in total. The lowest BCUT2D eigenvalue weighted by Gasteiger charge is -2.37. The number of morpholine rings is 1. The summed E-state index contributed by atoms with van der Waals surface area (Å²) in [4.78, 5) is 22.2. The molecule has 4 aromatic heterocycles. The number of ether oxygens (including phenoxy) is 2. The van der Waals surface area contributed by atoms with Gasteiger partial charge in [-0.15, -0.1) is 0 Å². The number of benzene rings is 1. The van der Waals surface area contributed by atoms with Crippen LogP contribution in [-0.2, 0) is 11.3 Å². The van der Waals surface area contributed by atoms with Gasteiger partial charge in [-0.3, -0.25) is 4.98 Å². The molecule has 8 nitrogen and oxygen atoms in total. The van der Waals surface area contributed by atoms with Crippen molar-refractivity contribution in [3.8, 4) is 28.5 Å². The third-order valence-electron chi connectivity index (χ3n) is 9.02. The molecule has 0 radical (unpaired) electrons. The van der Waals surface area contributed by atoms with Crippen molar-refractivity contribution in [3.05, 3.63) is 83.6 Å². The Balaban J connectivity index is 1.45. The Kier molecular flexibility index (Phi) is 8.19. The minimum absolute atomic E-state index is 0.0515. The molecule has 44 heavy (non-hydrogen) atoms. The van der Waals surface area contributed by atoms with Crippen LogP contribution in [0.2, 0.25) is 5.02 Å². The van der Waals surface area contributed by atoms with Crippen LogP contribution in [0.5, 0.6) is 5.88 Å². The smallest absolute Gasteiger partial charge is 0.213 e. The number of halogens is 1. The summed E-state index contributed by atoms with van der Waals surface area (Å²) in [5, 5.41) is 0.562. The quantitative estimate of drug-likeness (QED) is 0.188.